The van der Waals surface area contributed by atoms with Crippen LogP contribution in [0.4, 0.5) is 0 Å². The topological polar surface area (TPSA) is 52.3 Å². The molecule has 0 atom stereocenters. The van der Waals surface area contributed by atoms with E-state index in [9.17, 15) is 4.79 Å². The lowest BCUT2D eigenvalue weighted by molar-refractivity contribution is -0.149. The summed E-state index contributed by atoms with van der Waals surface area (Å²) in [7, 11) is 0. The number of carbonyl (C=O) groups excluding carboxylic acids is 1. The number of piperidine rings is 1. The highest BCUT2D eigenvalue weighted by Crippen LogP contribution is 2.21. The minimum absolute atomic E-state index is 0.00503. The first-order valence-electron chi connectivity index (χ1n) is 10.3. The highest BCUT2D eigenvalue weighted by Gasteiger charge is 2.26. The number of nitrogens with zero attached hydrogens (tertiary/aromatic N) is 4. The van der Waals surface area contributed by atoms with Crippen LogP contribution in [0.15, 0.2) is 47.8 Å². The molecule has 0 unspecified atom stereocenters. The second-order valence-corrected chi connectivity index (χ2v) is 8.81. The second-order valence-electron chi connectivity index (χ2n) is 7.41. The van der Waals surface area contributed by atoms with Gasteiger partial charge in [-0.3, -0.25) is 14.3 Å². The number of hydrogen-bond donors (Lipinski definition) is 0. The van der Waals surface area contributed by atoms with Gasteiger partial charge in [-0.05, 0) is 55.6 Å². The molecular weight excluding hydrogens is 416 g/mol. The van der Waals surface area contributed by atoms with Crippen LogP contribution in [0.3, 0.4) is 0 Å². The lowest BCUT2D eigenvalue weighted by Crippen LogP contribution is -2.38. The second kappa shape index (κ2) is 9.68. The Morgan fingerprint density at radius 1 is 1.20 bits per heavy atom. The summed E-state index contributed by atoms with van der Waals surface area (Å²) in [6.07, 6.45) is 2.37. The number of esters is 1. The van der Waals surface area contributed by atoms with E-state index in [4.69, 9.17) is 22.1 Å². The molecule has 2 aromatic heterocycles. The summed E-state index contributed by atoms with van der Waals surface area (Å²) in [5.74, 6) is 0.876. The lowest BCUT2D eigenvalue weighted by atomic mass is 9.97. The van der Waals surface area contributed by atoms with Crippen molar-refractivity contribution in [3.8, 4) is 5.69 Å². The predicted molar refractivity (Wildman–Crippen MR) is 120 cm³/mol. The van der Waals surface area contributed by atoms with Gasteiger partial charge < -0.3 is 4.74 Å². The highest BCUT2D eigenvalue weighted by atomic mass is 32.1. The standard InChI is InChI=1S/C22H26N4O2S2/c1-2-28-21(27)17-10-12-24(13-11-17)16-25-22(29)26(18-7-4-3-5-8-18)20(23-25)15-19-9-6-14-30-19/h3-9,14,17H,2,10-13,15-16H2,1H3. The number of ether oxygens (including phenoxy) is 1. The quantitative estimate of drug-likeness (QED) is 0.404. The first-order chi connectivity index (χ1) is 14.7. The van der Waals surface area contributed by atoms with Crippen LogP contribution in [-0.4, -0.2) is 44.9 Å². The van der Waals surface area contributed by atoms with E-state index < -0.39 is 0 Å². The summed E-state index contributed by atoms with van der Waals surface area (Å²) in [4.78, 5) is 15.6. The molecule has 3 heterocycles. The van der Waals surface area contributed by atoms with E-state index in [-0.39, 0.29) is 11.9 Å². The Bertz CT molecular complexity index is 1020. The Balaban J connectivity index is 1.53. The van der Waals surface area contributed by atoms with Crippen molar-refractivity contribution < 1.29 is 9.53 Å². The van der Waals surface area contributed by atoms with Crippen LogP contribution >= 0.6 is 23.6 Å². The molecule has 158 valence electrons. The van der Waals surface area contributed by atoms with Crippen molar-refractivity contribution in [2.24, 2.45) is 5.92 Å². The molecule has 1 aliphatic heterocycles. The molecule has 8 heteroatoms. The fourth-order valence-electron chi connectivity index (χ4n) is 3.82. The summed E-state index contributed by atoms with van der Waals surface area (Å²) in [5.41, 5.74) is 1.03. The van der Waals surface area contributed by atoms with Gasteiger partial charge in [-0.2, -0.15) is 5.10 Å². The maximum Gasteiger partial charge on any atom is 0.309 e. The van der Waals surface area contributed by atoms with Gasteiger partial charge in [0.05, 0.1) is 19.2 Å². The first kappa shape index (κ1) is 21.0. The molecular formula is C22H26N4O2S2. The summed E-state index contributed by atoms with van der Waals surface area (Å²) < 4.78 is 9.86. The number of carbonyl (C=O) groups is 1. The van der Waals surface area contributed by atoms with Crippen LogP contribution in [0.2, 0.25) is 0 Å². The zero-order valence-electron chi connectivity index (χ0n) is 17.1. The molecule has 0 bridgehead atoms. The Hall–Kier alpha value is -2.29. The third-order valence-electron chi connectivity index (χ3n) is 5.37. The third-order valence-corrected chi connectivity index (χ3v) is 6.64. The van der Waals surface area contributed by atoms with Crippen molar-refractivity contribution in [3.63, 3.8) is 0 Å². The molecule has 6 nitrogen and oxygen atoms in total. The molecule has 4 rings (SSSR count). The van der Waals surface area contributed by atoms with Crippen LogP contribution in [0.5, 0.6) is 0 Å². The molecule has 0 amide bonds. The molecule has 1 aromatic carbocycles. The molecule has 0 spiro atoms. The van der Waals surface area contributed by atoms with Crippen LogP contribution in [0.1, 0.15) is 30.5 Å². The number of hydrogen-bond acceptors (Lipinski definition) is 6. The van der Waals surface area contributed by atoms with Gasteiger partial charge in [0, 0.05) is 30.1 Å². The maximum absolute atomic E-state index is 12.0. The number of aromatic nitrogens is 3. The first-order valence-corrected chi connectivity index (χ1v) is 11.6. The number of para-hydroxylation sites is 1. The number of thiophene rings is 1. The number of rotatable bonds is 7. The van der Waals surface area contributed by atoms with Crippen molar-refractivity contribution in [3.05, 3.63) is 63.3 Å². The van der Waals surface area contributed by atoms with E-state index in [1.807, 2.05) is 29.8 Å². The maximum atomic E-state index is 12.0. The van der Waals surface area contributed by atoms with Crippen LogP contribution in [0.25, 0.3) is 5.69 Å². The van der Waals surface area contributed by atoms with E-state index in [0.29, 0.717) is 18.0 Å². The zero-order chi connectivity index (χ0) is 20.9. The molecule has 30 heavy (non-hydrogen) atoms. The Morgan fingerprint density at radius 2 is 1.97 bits per heavy atom. The predicted octanol–water partition coefficient (Wildman–Crippen LogP) is 4.29. The largest absolute Gasteiger partial charge is 0.466 e. The Labute approximate surface area is 185 Å². The zero-order valence-corrected chi connectivity index (χ0v) is 18.7. The summed E-state index contributed by atoms with van der Waals surface area (Å²) in [6, 6.07) is 14.3. The van der Waals surface area contributed by atoms with Gasteiger partial charge in [0.1, 0.15) is 5.82 Å². The molecule has 1 saturated heterocycles. The van der Waals surface area contributed by atoms with E-state index in [2.05, 4.69) is 39.1 Å². The minimum atomic E-state index is -0.0691. The Morgan fingerprint density at radius 3 is 2.63 bits per heavy atom. The molecule has 1 fully saturated rings. The summed E-state index contributed by atoms with van der Waals surface area (Å²) in [6.45, 7) is 4.60. The molecule has 0 aliphatic carbocycles. The molecule has 3 aromatic rings. The monoisotopic (exact) mass is 442 g/mol. The van der Waals surface area contributed by atoms with E-state index in [0.717, 1.165) is 43.9 Å². The molecule has 0 radical (unpaired) electrons. The van der Waals surface area contributed by atoms with Gasteiger partial charge in [-0.15, -0.1) is 11.3 Å². The molecule has 0 N–H and O–H groups in total. The fourth-order valence-corrected chi connectivity index (χ4v) is 4.84. The van der Waals surface area contributed by atoms with Crippen molar-refractivity contribution in [2.45, 2.75) is 32.9 Å². The Kier molecular flexibility index (Phi) is 6.76. The van der Waals surface area contributed by atoms with Crippen LogP contribution in [-0.2, 0) is 22.6 Å². The average Bonchev–Trinajstić information content (AvgIpc) is 3.38. The average molecular weight is 443 g/mol. The van der Waals surface area contributed by atoms with Crippen LogP contribution in [0, 0.1) is 10.7 Å². The van der Waals surface area contributed by atoms with E-state index >= 15 is 0 Å². The van der Waals surface area contributed by atoms with Crippen molar-refractivity contribution in [1.29, 1.82) is 0 Å². The lowest BCUT2D eigenvalue weighted by Gasteiger charge is -2.30. The minimum Gasteiger partial charge on any atom is -0.466 e. The van der Waals surface area contributed by atoms with Crippen molar-refractivity contribution in [2.75, 3.05) is 19.7 Å². The van der Waals surface area contributed by atoms with E-state index in [1.54, 1.807) is 11.3 Å². The fraction of sp³-hybridized carbons (Fsp3) is 0.409. The number of benzene rings is 1. The third kappa shape index (κ3) is 4.71. The van der Waals surface area contributed by atoms with Gasteiger partial charge in [0.2, 0.25) is 4.77 Å². The highest BCUT2D eigenvalue weighted by molar-refractivity contribution is 7.71. The smallest absolute Gasteiger partial charge is 0.309 e. The van der Waals surface area contributed by atoms with Gasteiger partial charge in [0.25, 0.3) is 0 Å². The van der Waals surface area contributed by atoms with Gasteiger partial charge in [-0.1, -0.05) is 24.3 Å². The van der Waals surface area contributed by atoms with Crippen LogP contribution < -0.4 is 0 Å². The molecule has 1 aliphatic rings. The summed E-state index contributed by atoms with van der Waals surface area (Å²) in [5, 5.41) is 6.97. The van der Waals surface area contributed by atoms with Gasteiger partial charge in [-0.25, -0.2) is 4.68 Å². The SMILES string of the molecule is CCOC(=O)C1CCN(Cn2nc(Cc3cccs3)n(-c3ccccc3)c2=S)CC1. The normalized spacial score (nSPS) is 15.4. The summed E-state index contributed by atoms with van der Waals surface area (Å²) >= 11 is 7.55. The van der Waals surface area contributed by atoms with Gasteiger partial charge >= 0.3 is 5.97 Å². The number of likely N-dealkylation sites (tertiary alicyclic amines) is 1. The van der Waals surface area contributed by atoms with Gasteiger partial charge in [0.15, 0.2) is 0 Å². The van der Waals surface area contributed by atoms with Crippen molar-refractivity contribution >= 4 is 29.5 Å². The van der Waals surface area contributed by atoms with E-state index in [1.165, 1.54) is 4.88 Å². The van der Waals surface area contributed by atoms with Crippen molar-refractivity contribution in [1.82, 2.24) is 19.2 Å². The molecule has 0 saturated carbocycles.